The standard InChI is InChI=1S/C46H48N12O6/c1-5-58-37(19-33(54-58)27-12-13-27)50-42-40-30-18-36(63-4)31(39-24(2)55-64-25(39)3)17-34(30)49-41(40)52-43(53-42)45(61)47-20-28-21-56(23-48-28)16-7-6-9-26-10-8-11-29-32(26)22-57(46(29)62)35-14-15-38(59)51-44(35)60/h8,10-11,17-19,21,23,27,35H,5-7,9,12-16,20,22H2,1-4H3,(H,47,61)(H,51,59,60)(H2,49,50,52,53). The second-order valence-corrected chi connectivity index (χ2v) is 16.8. The van der Waals surface area contributed by atoms with E-state index in [1.54, 1.807) is 18.3 Å². The lowest BCUT2D eigenvalue weighted by Gasteiger charge is -2.29. The van der Waals surface area contributed by atoms with E-state index in [1.165, 1.54) is 0 Å². The Labute approximate surface area is 367 Å². The van der Waals surface area contributed by atoms with E-state index in [2.05, 4.69) is 37.1 Å². The van der Waals surface area contributed by atoms with Crippen LogP contribution in [0.5, 0.6) is 5.75 Å². The minimum absolute atomic E-state index is 0.0155. The zero-order chi connectivity index (χ0) is 44.2. The molecule has 1 unspecified atom stereocenters. The highest BCUT2D eigenvalue weighted by Gasteiger charge is 2.39. The molecule has 1 saturated carbocycles. The van der Waals surface area contributed by atoms with Gasteiger partial charge in [-0.25, -0.2) is 19.6 Å². The predicted octanol–water partition coefficient (Wildman–Crippen LogP) is 6.14. The minimum atomic E-state index is -0.641. The SMILES string of the molecule is CCn1nc(C2CC2)cc1Nc1nc(C(=O)NCc2cn(CCCCc3cccc4c3CN(C3CCC(=O)NC3=O)C4=O)cn2)nc2[nH]c3cc(-c4c(C)noc4C)c(OC)cc3c12. The number of rotatable bonds is 15. The summed E-state index contributed by atoms with van der Waals surface area (Å²) in [6.07, 6.45) is 8.95. The van der Waals surface area contributed by atoms with E-state index in [0.29, 0.717) is 71.6 Å². The Kier molecular flexibility index (Phi) is 10.4. The number of piperidine rings is 1. The number of hydrogen-bond acceptors (Lipinski definition) is 12. The number of benzene rings is 2. The lowest BCUT2D eigenvalue weighted by molar-refractivity contribution is -0.136. The Morgan fingerprint density at radius 3 is 2.67 bits per heavy atom. The Hall–Kier alpha value is -7.37. The van der Waals surface area contributed by atoms with Crippen LogP contribution in [-0.2, 0) is 42.2 Å². The predicted molar refractivity (Wildman–Crippen MR) is 235 cm³/mol. The fraction of sp³-hybridized carbons (Fsp3) is 0.370. The number of H-pyrrole nitrogens is 1. The third-order valence-corrected chi connectivity index (χ3v) is 12.5. The number of carbonyl (C=O) groups is 4. The lowest BCUT2D eigenvalue weighted by Crippen LogP contribution is -2.52. The summed E-state index contributed by atoms with van der Waals surface area (Å²) >= 11 is 0. The lowest BCUT2D eigenvalue weighted by atomic mass is 9.99. The van der Waals surface area contributed by atoms with Crippen molar-refractivity contribution in [2.45, 2.75) is 104 Å². The van der Waals surface area contributed by atoms with Crippen LogP contribution in [0.2, 0.25) is 0 Å². The highest BCUT2D eigenvalue weighted by atomic mass is 16.5. The number of aromatic nitrogens is 8. The zero-order valence-corrected chi connectivity index (χ0v) is 36.1. The van der Waals surface area contributed by atoms with Crippen LogP contribution in [0.15, 0.2) is 53.4 Å². The quantitative estimate of drug-likeness (QED) is 0.0675. The van der Waals surface area contributed by atoms with Crippen LogP contribution in [0.25, 0.3) is 33.1 Å². The van der Waals surface area contributed by atoms with Crippen LogP contribution in [0.4, 0.5) is 11.6 Å². The van der Waals surface area contributed by atoms with Gasteiger partial charge in [0, 0.05) is 66.3 Å². The summed E-state index contributed by atoms with van der Waals surface area (Å²) in [5.41, 5.74) is 8.03. The highest BCUT2D eigenvalue weighted by Crippen LogP contribution is 2.43. The summed E-state index contributed by atoms with van der Waals surface area (Å²) in [6, 6.07) is 11.1. The van der Waals surface area contributed by atoms with Gasteiger partial charge in [0.25, 0.3) is 11.8 Å². The maximum atomic E-state index is 13.9. The number of nitrogens with one attached hydrogen (secondary N) is 4. The Balaban J connectivity index is 0.835. The van der Waals surface area contributed by atoms with Gasteiger partial charge in [0.1, 0.15) is 34.8 Å². The summed E-state index contributed by atoms with van der Waals surface area (Å²) in [5.74, 6) is 1.62. The van der Waals surface area contributed by atoms with Gasteiger partial charge >= 0.3 is 0 Å². The molecular formula is C46H48N12O6. The number of imidazole rings is 1. The molecule has 7 heterocycles. The van der Waals surface area contributed by atoms with E-state index >= 15 is 0 Å². The number of aromatic amines is 1. The number of ether oxygens (including phenoxy) is 1. The first-order valence-electron chi connectivity index (χ1n) is 21.8. The van der Waals surface area contributed by atoms with E-state index in [0.717, 1.165) is 82.5 Å². The van der Waals surface area contributed by atoms with Crippen LogP contribution in [-0.4, -0.2) is 81.1 Å². The van der Waals surface area contributed by atoms with Gasteiger partial charge in [0.15, 0.2) is 0 Å². The topological polar surface area (TPSA) is 220 Å². The first-order chi connectivity index (χ1) is 31.1. The molecule has 1 atom stereocenters. The highest BCUT2D eigenvalue weighted by molar-refractivity contribution is 6.14. The normalized spacial score (nSPS) is 16.2. The van der Waals surface area contributed by atoms with Gasteiger partial charge in [-0.2, -0.15) is 5.10 Å². The van der Waals surface area contributed by atoms with E-state index in [4.69, 9.17) is 24.3 Å². The van der Waals surface area contributed by atoms with Crippen molar-refractivity contribution in [3.63, 3.8) is 0 Å². The molecule has 0 bridgehead atoms. The van der Waals surface area contributed by atoms with Crippen molar-refractivity contribution in [3.8, 4) is 16.9 Å². The maximum absolute atomic E-state index is 13.9. The number of carbonyl (C=O) groups excluding carboxylic acids is 4. The molecule has 1 aliphatic carbocycles. The maximum Gasteiger partial charge on any atom is 0.289 e. The first-order valence-corrected chi connectivity index (χ1v) is 21.8. The van der Waals surface area contributed by atoms with Gasteiger partial charge in [0.05, 0.1) is 48.0 Å². The van der Waals surface area contributed by atoms with Crippen molar-refractivity contribution in [2.75, 3.05) is 12.4 Å². The number of hydrogen-bond donors (Lipinski definition) is 4. The van der Waals surface area contributed by atoms with Crippen molar-refractivity contribution < 1.29 is 28.4 Å². The van der Waals surface area contributed by atoms with Crippen molar-refractivity contribution >= 4 is 57.2 Å². The molecule has 328 valence electrons. The summed E-state index contributed by atoms with van der Waals surface area (Å²) in [6.45, 7) is 7.69. The number of nitrogens with zero attached hydrogens (tertiary/aromatic N) is 8. The largest absolute Gasteiger partial charge is 0.496 e. The van der Waals surface area contributed by atoms with Crippen LogP contribution in [0.3, 0.4) is 0 Å². The molecule has 1 saturated heterocycles. The molecule has 18 nitrogen and oxygen atoms in total. The van der Waals surface area contributed by atoms with E-state index in [9.17, 15) is 19.2 Å². The Morgan fingerprint density at radius 2 is 1.91 bits per heavy atom. The van der Waals surface area contributed by atoms with Crippen LogP contribution in [0.1, 0.15) is 106 Å². The van der Waals surface area contributed by atoms with E-state index < -0.39 is 17.9 Å². The number of imide groups is 1. The van der Waals surface area contributed by atoms with Crippen molar-refractivity contribution in [3.05, 3.63) is 94.3 Å². The van der Waals surface area contributed by atoms with E-state index in [1.807, 2.05) is 66.5 Å². The smallest absolute Gasteiger partial charge is 0.289 e. The number of fused-ring (bicyclic) bond motifs is 4. The molecule has 2 aromatic carbocycles. The Morgan fingerprint density at radius 1 is 1.05 bits per heavy atom. The molecule has 5 aromatic heterocycles. The van der Waals surface area contributed by atoms with Gasteiger partial charge in [-0.3, -0.25) is 24.5 Å². The molecule has 64 heavy (non-hydrogen) atoms. The fourth-order valence-electron chi connectivity index (χ4n) is 9.09. The molecule has 3 aliphatic rings. The van der Waals surface area contributed by atoms with Gasteiger partial charge < -0.3 is 34.3 Å². The number of aryl methyl sites for hydroxylation is 5. The second kappa shape index (κ2) is 16.4. The average molecular weight is 865 g/mol. The summed E-state index contributed by atoms with van der Waals surface area (Å²) in [4.78, 5) is 70.5. The number of methoxy groups -OCH3 is 1. The average Bonchev–Trinajstić information content (AvgIpc) is 3.55. The van der Waals surface area contributed by atoms with Crippen molar-refractivity contribution in [1.82, 2.24) is 55.0 Å². The number of unbranched alkanes of at least 4 members (excludes halogenated alkanes) is 1. The fourth-order valence-corrected chi connectivity index (χ4v) is 9.09. The molecule has 7 aromatic rings. The van der Waals surface area contributed by atoms with Crippen LogP contribution < -0.4 is 20.7 Å². The van der Waals surface area contributed by atoms with E-state index in [-0.39, 0.29) is 30.6 Å². The van der Waals surface area contributed by atoms with Gasteiger partial charge in [-0.1, -0.05) is 17.3 Å². The molecule has 0 radical (unpaired) electrons. The Bertz CT molecular complexity index is 2990. The number of amides is 4. The molecule has 4 amide bonds. The van der Waals surface area contributed by atoms with Crippen molar-refractivity contribution in [1.29, 1.82) is 0 Å². The first kappa shape index (κ1) is 40.7. The third-order valence-electron chi connectivity index (χ3n) is 12.5. The van der Waals surface area contributed by atoms with Crippen molar-refractivity contribution in [2.24, 2.45) is 0 Å². The molecule has 10 rings (SSSR count). The summed E-state index contributed by atoms with van der Waals surface area (Å²) < 4.78 is 15.3. The third kappa shape index (κ3) is 7.51. The van der Waals surface area contributed by atoms with Crippen LogP contribution in [0, 0.1) is 13.8 Å². The molecule has 4 N–H and O–H groups in total. The van der Waals surface area contributed by atoms with Gasteiger partial charge in [-0.15, -0.1) is 0 Å². The zero-order valence-electron chi connectivity index (χ0n) is 36.1. The summed E-state index contributed by atoms with van der Waals surface area (Å²) in [5, 5.41) is 19.4. The molecule has 0 spiro atoms. The summed E-state index contributed by atoms with van der Waals surface area (Å²) in [7, 11) is 1.63. The van der Waals surface area contributed by atoms with Crippen LogP contribution >= 0.6 is 0 Å². The molecular weight excluding hydrogens is 817 g/mol. The molecule has 18 heteroatoms. The van der Waals surface area contributed by atoms with Gasteiger partial charge in [0.2, 0.25) is 17.6 Å². The molecule has 2 aliphatic heterocycles. The van der Waals surface area contributed by atoms with Gasteiger partial charge in [-0.05, 0) is 88.6 Å². The minimum Gasteiger partial charge on any atom is -0.496 e. The number of anilines is 2. The molecule has 2 fully saturated rings. The monoisotopic (exact) mass is 864 g/mol. The second-order valence-electron chi connectivity index (χ2n) is 16.8.